The second-order valence-corrected chi connectivity index (χ2v) is 4.27. The van der Waals surface area contributed by atoms with Gasteiger partial charge in [0.25, 0.3) is 0 Å². The molecule has 0 aromatic carbocycles. The molecule has 0 saturated carbocycles. The van der Waals surface area contributed by atoms with Crippen LogP contribution in [0.5, 0.6) is 0 Å². The Bertz CT molecular complexity index is 561. The SMILES string of the molecule is Cl.Cn1cc(CNCc2cc(C(F)(F)F)n(C)n2)cn1. The number of halogens is 4. The van der Waals surface area contributed by atoms with Crippen LogP contribution in [0.2, 0.25) is 0 Å². The minimum absolute atomic E-state index is 0. The lowest BCUT2D eigenvalue weighted by molar-refractivity contribution is -0.143. The molecule has 5 nitrogen and oxygen atoms in total. The third-order valence-electron chi connectivity index (χ3n) is 2.61. The van der Waals surface area contributed by atoms with Gasteiger partial charge in [-0.05, 0) is 6.07 Å². The number of rotatable bonds is 4. The molecule has 0 aliphatic rings. The summed E-state index contributed by atoms with van der Waals surface area (Å²) in [6.07, 6.45) is -0.831. The smallest absolute Gasteiger partial charge is 0.307 e. The van der Waals surface area contributed by atoms with Gasteiger partial charge < -0.3 is 5.32 Å². The highest BCUT2D eigenvalue weighted by molar-refractivity contribution is 5.85. The molecule has 0 amide bonds. The summed E-state index contributed by atoms with van der Waals surface area (Å²) in [6, 6.07) is 1.05. The Hall–Kier alpha value is -1.54. The normalized spacial score (nSPS) is 11.4. The van der Waals surface area contributed by atoms with Crippen molar-refractivity contribution in [3.05, 3.63) is 35.4 Å². The van der Waals surface area contributed by atoms with Gasteiger partial charge in [0.1, 0.15) is 5.69 Å². The van der Waals surface area contributed by atoms with Gasteiger partial charge in [-0.15, -0.1) is 12.4 Å². The van der Waals surface area contributed by atoms with E-state index in [0.717, 1.165) is 16.3 Å². The van der Waals surface area contributed by atoms with E-state index < -0.39 is 11.9 Å². The fourth-order valence-corrected chi connectivity index (χ4v) is 1.78. The average Bonchev–Trinajstić information content (AvgIpc) is 2.85. The summed E-state index contributed by atoms with van der Waals surface area (Å²) >= 11 is 0. The van der Waals surface area contributed by atoms with Crippen molar-refractivity contribution in [1.82, 2.24) is 24.9 Å². The van der Waals surface area contributed by atoms with Crippen LogP contribution >= 0.6 is 12.4 Å². The van der Waals surface area contributed by atoms with Gasteiger partial charge in [0, 0.05) is 38.9 Å². The summed E-state index contributed by atoms with van der Waals surface area (Å²) in [5.74, 6) is 0. The maximum atomic E-state index is 12.6. The van der Waals surface area contributed by atoms with Crippen LogP contribution < -0.4 is 5.32 Å². The van der Waals surface area contributed by atoms with Crippen LogP contribution in [0.15, 0.2) is 18.5 Å². The minimum atomic E-state index is -4.37. The van der Waals surface area contributed by atoms with Gasteiger partial charge in [0.05, 0.1) is 11.9 Å². The van der Waals surface area contributed by atoms with E-state index in [9.17, 15) is 13.2 Å². The molecule has 0 atom stereocenters. The molecular weight excluding hydrogens is 295 g/mol. The van der Waals surface area contributed by atoms with E-state index in [1.165, 1.54) is 7.05 Å². The predicted molar refractivity (Wildman–Crippen MR) is 69.2 cm³/mol. The first-order valence-electron chi connectivity index (χ1n) is 5.64. The van der Waals surface area contributed by atoms with E-state index in [4.69, 9.17) is 0 Å². The third kappa shape index (κ3) is 3.97. The maximum Gasteiger partial charge on any atom is 0.433 e. The zero-order chi connectivity index (χ0) is 14.0. The molecule has 0 bridgehead atoms. The molecule has 2 aromatic rings. The Morgan fingerprint density at radius 3 is 2.45 bits per heavy atom. The Balaban J connectivity index is 0.00000200. The highest BCUT2D eigenvalue weighted by Gasteiger charge is 2.34. The molecule has 0 fully saturated rings. The summed E-state index contributed by atoms with van der Waals surface area (Å²) in [5, 5.41) is 10.9. The quantitative estimate of drug-likeness (QED) is 0.938. The van der Waals surface area contributed by atoms with Crippen LogP contribution in [0.25, 0.3) is 0 Å². The van der Waals surface area contributed by atoms with E-state index >= 15 is 0 Å². The van der Waals surface area contributed by atoms with Crippen molar-refractivity contribution in [2.45, 2.75) is 19.3 Å². The van der Waals surface area contributed by atoms with E-state index in [1.54, 1.807) is 17.9 Å². The molecule has 0 aliphatic heterocycles. The van der Waals surface area contributed by atoms with Crippen molar-refractivity contribution in [3.8, 4) is 0 Å². The highest BCUT2D eigenvalue weighted by atomic mass is 35.5. The number of nitrogens with one attached hydrogen (secondary N) is 1. The first-order valence-corrected chi connectivity index (χ1v) is 5.64. The zero-order valence-electron chi connectivity index (χ0n) is 11.0. The lowest BCUT2D eigenvalue weighted by Gasteiger charge is -2.04. The van der Waals surface area contributed by atoms with Gasteiger partial charge in [0.15, 0.2) is 0 Å². The molecule has 0 aliphatic carbocycles. The lowest BCUT2D eigenvalue weighted by atomic mass is 10.3. The van der Waals surface area contributed by atoms with Crippen LogP contribution in [0.3, 0.4) is 0 Å². The molecule has 0 unspecified atom stereocenters. The second kappa shape index (κ2) is 6.27. The Morgan fingerprint density at radius 1 is 1.25 bits per heavy atom. The van der Waals surface area contributed by atoms with E-state index in [2.05, 4.69) is 15.5 Å². The Labute approximate surface area is 120 Å². The summed E-state index contributed by atoms with van der Waals surface area (Å²) in [7, 11) is 3.09. The van der Waals surface area contributed by atoms with Crippen LogP contribution in [0.1, 0.15) is 17.0 Å². The monoisotopic (exact) mass is 309 g/mol. The molecule has 2 heterocycles. The van der Waals surface area contributed by atoms with E-state index in [0.29, 0.717) is 12.2 Å². The van der Waals surface area contributed by atoms with Gasteiger partial charge in [0.2, 0.25) is 0 Å². The van der Waals surface area contributed by atoms with Gasteiger partial charge in [-0.2, -0.15) is 23.4 Å². The molecule has 9 heteroatoms. The highest BCUT2D eigenvalue weighted by Crippen LogP contribution is 2.29. The summed E-state index contributed by atoms with van der Waals surface area (Å²) in [4.78, 5) is 0. The largest absolute Gasteiger partial charge is 0.433 e. The van der Waals surface area contributed by atoms with Gasteiger partial charge in [-0.1, -0.05) is 0 Å². The van der Waals surface area contributed by atoms with Gasteiger partial charge in [-0.25, -0.2) is 0 Å². The van der Waals surface area contributed by atoms with Crippen molar-refractivity contribution in [3.63, 3.8) is 0 Å². The fourth-order valence-electron chi connectivity index (χ4n) is 1.78. The van der Waals surface area contributed by atoms with Crippen molar-refractivity contribution < 1.29 is 13.2 Å². The first-order chi connectivity index (χ1) is 8.86. The van der Waals surface area contributed by atoms with Gasteiger partial charge in [-0.3, -0.25) is 9.36 Å². The molecule has 0 spiro atoms. The van der Waals surface area contributed by atoms with Crippen LogP contribution in [-0.2, 0) is 33.4 Å². The zero-order valence-corrected chi connectivity index (χ0v) is 11.8. The fraction of sp³-hybridized carbons (Fsp3) is 0.455. The Morgan fingerprint density at radius 2 is 1.95 bits per heavy atom. The summed E-state index contributed by atoms with van der Waals surface area (Å²) < 4.78 is 40.2. The van der Waals surface area contributed by atoms with E-state index in [1.807, 2.05) is 6.20 Å². The molecule has 0 radical (unpaired) electrons. The minimum Gasteiger partial charge on any atom is -0.307 e. The predicted octanol–water partition coefficient (Wildman–Crippen LogP) is 1.88. The number of aromatic nitrogens is 4. The summed E-state index contributed by atoms with van der Waals surface area (Å²) in [5.41, 5.74) is 0.582. The van der Waals surface area contributed by atoms with Crippen molar-refractivity contribution in [2.24, 2.45) is 14.1 Å². The van der Waals surface area contributed by atoms with Crippen molar-refractivity contribution in [2.75, 3.05) is 0 Å². The summed E-state index contributed by atoms with van der Waals surface area (Å²) in [6.45, 7) is 0.810. The van der Waals surface area contributed by atoms with Gasteiger partial charge >= 0.3 is 6.18 Å². The standard InChI is InChI=1S/C11H14F3N5.ClH/c1-18-7-8(5-16-18)4-15-6-9-3-10(11(12,13)14)19(2)17-9;/h3,5,7,15H,4,6H2,1-2H3;1H. The molecule has 0 saturated heterocycles. The van der Waals surface area contributed by atoms with Crippen LogP contribution in [-0.4, -0.2) is 19.6 Å². The maximum absolute atomic E-state index is 12.6. The molecule has 112 valence electrons. The second-order valence-electron chi connectivity index (χ2n) is 4.27. The molecule has 20 heavy (non-hydrogen) atoms. The number of hydrogen-bond donors (Lipinski definition) is 1. The van der Waals surface area contributed by atoms with Crippen molar-refractivity contribution >= 4 is 12.4 Å². The molecular formula is C11H15ClF3N5. The third-order valence-corrected chi connectivity index (χ3v) is 2.61. The number of nitrogens with zero attached hydrogens (tertiary/aromatic N) is 4. The average molecular weight is 310 g/mol. The molecule has 2 aromatic heterocycles. The van der Waals surface area contributed by atoms with Crippen molar-refractivity contribution in [1.29, 1.82) is 0 Å². The molecule has 2 rings (SSSR count). The van der Waals surface area contributed by atoms with E-state index in [-0.39, 0.29) is 19.0 Å². The lowest BCUT2D eigenvalue weighted by Crippen LogP contribution is -2.13. The Kier molecular flexibility index (Phi) is 5.18. The molecule has 1 N–H and O–H groups in total. The van der Waals surface area contributed by atoms with Crippen LogP contribution in [0.4, 0.5) is 13.2 Å². The number of alkyl halides is 3. The topological polar surface area (TPSA) is 47.7 Å². The number of aryl methyl sites for hydroxylation is 2. The number of hydrogen-bond acceptors (Lipinski definition) is 3. The van der Waals surface area contributed by atoms with Crippen LogP contribution in [0, 0.1) is 0 Å². The first kappa shape index (κ1) is 16.5.